The van der Waals surface area contributed by atoms with Crippen LogP contribution in [0.25, 0.3) is 0 Å². The van der Waals surface area contributed by atoms with Gasteiger partial charge in [0, 0.05) is 5.56 Å². The van der Waals surface area contributed by atoms with E-state index in [9.17, 15) is 15.2 Å². The van der Waals surface area contributed by atoms with Crippen LogP contribution in [0.1, 0.15) is 23.7 Å². The molecule has 0 amide bonds. The van der Waals surface area contributed by atoms with Crippen LogP contribution in [-0.4, -0.2) is 16.6 Å². The second kappa shape index (κ2) is 4.86. The first kappa shape index (κ1) is 11.6. The third-order valence-corrected chi connectivity index (χ3v) is 2.25. The number of nitro groups is 1. The molecule has 0 fully saturated rings. The number of nitrogens with two attached hydrogens (primary N) is 1. The zero-order valence-corrected chi connectivity index (χ0v) is 8.51. The first-order valence-electron chi connectivity index (χ1n) is 4.70. The zero-order valence-electron chi connectivity index (χ0n) is 8.51. The SMILES string of the molecule is Cc1cccc([C@H](O)CCN)c1[N+](=O)[O-]. The Balaban J connectivity index is 3.16. The van der Waals surface area contributed by atoms with Crippen LogP contribution in [0, 0.1) is 17.0 Å². The van der Waals surface area contributed by atoms with Crippen molar-refractivity contribution in [3.8, 4) is 0 Å². The van der Waals surface area contributed by atoms with E-state index in [2.05, 4.69) is 0 Å². The van der Waals surface area contributed by atoms with Crippen molar-refractivity contribution in [1.82, 2.24) is 0 Å². The van der Waals surface area contributed by atoms with Gasteiger partial charge in [0.2, 0.25) is 0 Å². The number of nitro benzene ring substituents is 1. The van der Waals surface area contributed by atoms with Crippen molar-refractivity contribution in [3.05, 3.63) is 39.4 Å². The zero-order chi connectivity index (χ0) is 11.4. The number of aliphatic hydroxyl groups is 1. The third-order valence-electron chi connectivity index (χ3n) is 2.25. The molecule has 0 aliphatic rings. The molecule has 5 nitrogen and oxygen atoms in total. The highest BCUT2D eigenvalue weighted by atomic mass is 16.6. The average Bonchev–Trinajstić information content (AvgIpc) is 2.17. The number of nitrogens with zero attached hydrogens (tertiary/aromatic N) is 1. The second-order valence-corrected chi connectivity index (χ2v) is 3.36. The van der Waals surface area contributed by atoms with E-state index >= 15 is 0 Å². The van der Waals surface area contributed by atoms with Crippen molar-refractivity contribution in [2.45, 2.75) is 19.4 Å². The second-order valence-electron chi connectivity index (χ2n) is 3.36. The Bertz CT molecular complexity index is 366. The van der Waals surface area contributed by atoms with Crippen LogP contribution in [0.3, 0.4) is 0 Å². The maximum absolute atomic E-state index is 10.8. The fourth-order valence-corrected chi connectivity index (χ4v) is 1.51. The van der Waals surface area contributed by atoms with Crippen molar-refractivity contribution in [3.63, 3.8) is 0 Å². The number of benzene rings is 1. The minimum atomic E-state index is -0.865. The molecule has 1 rings (SSSR count). The number of hydrogen-bond donors (Lipinski definition) is 2. The van der Waals surface area contributed by atoms with E-state index in [0.29, 0.717) is 24.1 Å². The normalized spacial score (nSPS) is 12.5. The molecule has 82 valence electrons. The lowest BCUT2D eigenvalue weighted by molar-refractivity contribution is -0.386. The Morgan fingerprint density at radius 3 is 2.80 bits per heavy atom. The van der Waals surface area contributed by atoms with E-state index in [1.165, 1.54) is 0 Å². The maximum atomic E-state index is 10.8. The summed E-state index contributed by atoms with van der Waals surface area (Å²) in [5.41, 5.74) is 6.17. The van der Waals surface area contributed by atoms with Gasteiger partial charge < -0.3 is 10.8 Å². The summed E-state index contributed by atoms with van der Waals surface area (Å²) in [6.07, 6.45) is -0.542. The molecule has 1 aromatic carbocycles. The molecule has 0 saturated carbocycles. The van der Waals surface area contributed by atoms with Crippen molar-refractivity contribution in [1.29, 1.82) is 0 Å². The Labute approximate surface area is 87.7 Å². The maximum Gasteiger partial charge on any atom is 0.278 e. The summed E-state index contributed by atoms with van der Waals surface area (Å²) in [4.78, 5) is 10.3. The van der Waals surface area contributed by atoms with Gasteiger partial charge in [-0.05, 0) is 26.0 Å². The van der Waals surface area contributed by atoms with Gasteiger partial charge in [0.15, 0.2) is 0 Å². The molecule has 5 heteroatoms. The monoisotopic (exact) mass is 210 g/mol. The predicted molar refractivity (Wildman–Crippen MR) is 56.5 cm³/mol. The summed E-state index contributed by atoms with van der Waals surface area (Å²) in [6, 6.07) is 4.90. The van der Waals surface area contributed by atoms with E-state index in [-0.39, 0.29) is 5.69 Å². The quantitative estimate of drug-likeness (QED) is 0.578. The third kappa shape index (κ3) is 2.51. The van der Waals surface area contributed by atoms with Gasteiger partial charge in [0.05, 0.1) is 16.6 Å². The molecule has 0 bridgehead atoms. The summed E-state index contributed by atoms with van der Waals surface area (Å²) in [5, 5.41) is 20.5. The van der Waals surface area contributed by atoms with Crippen molar-refractivity contribution < 1.29 is 10.0 Å². The summed E-state index contributed by atoms with van der Waals surface area (Å²) in [6.45, 7) is 1.95. The van der Waals surface area contributed by atoms with Crippen LogP contribution >= 0.6 is 0 Å². The average molecular weight is 210 g/mol. The molecule has 0 saturated heterocycles. The van der Waals surface area contributed by atoms with Gasteiger partial charge in [-0.1, -0.05) is 12.1 Å². The number of hydrogen-bond acceptors (Lipinski definition) is 4. The van der Waals surface area contributed by atoms with E-state index in [4.69, 9.17) is 5.73 Å². The summed E-state index contributed by atoms with van der Waals surface area (Å²) in [5.74, 6) is 0. The number of rotatable bonds is 4. The van der Waals surface area contributed by atoms with Crippen molar-refractivity contribution >= 4 is 5.69 Å². The van der Waals surface area contributed by atoms with Crippen LogP contribution < -0.4 is 5.73 Å². The molecule has 0 spiro atoms. The Morgan fingerprint density at radius 1 is 1.60 bits per heavy atom. The number of aryl methyl sites for hydroxylation is 1. The van der Waals surface area contributed by atoms with Crippen LogP contribution in [0.15, 0.2) is 18.2 Å². The lowest BCUT2D eigenvalue weighted by atomic mass is 10.0. The molecule has 0 unspecified atom stereocenters. The van der Waals surface area contributed by atoms with Crippen LogP contribution in [0.5, 0.6) is 0 Å². The van der Waals surface area contributed by atoms with Gasteiger partial charge >= 0.3 is 0 Å². The molecule has 3 N–H and O–H groups in total. The molecule has 0 aromatic heterocycles. The first-order chi connectivity index (χ1) is 7.07. The highest BCUT2D eigenvalue weighted by Crippen LogP contribution is 2.29. The summed E-state index contributed by atoms with van der Waals surface area (Å²) in [7, 11) is 0. The van der Waals surface area contributed by atoms with Crippen LogP contribution in [-0.2, 0) is 0 Å². The summed E-state index contributed by atoms with van der Waals surface area (Å²) >= 11 is 0. The fraction of sp³-hybridized carbons (Fsp3) is 0.400. The van der Waals surface area contributed by atoms with E-state index in [1.807, 2.05) is 0 Å². The Hall–Kier alpha value is -1.46. The minimum Gasteiger partial charge on any atom is -0.388 e. The smallest absolute Gasteiger partial charge is 0.278 e. The Kier molecular flexibility index (Phi) is 3.76. The molecule has 15 heavy (non-hydrogen) atoms. The lowest BCUT2D eigenvalue weighted by Gasteiger charge is -2.10. The largest absolute Gasteiger partial charge is 0.388 e. The summed E-state index contributed by atoms with van der Waals surface area (Å²) < 4.78 is 0. The molecule has 1 aromatic rings. The van der Waals surface area contributed by atoms with Gasteiger partial charge in [-0.25, -0.2) is 0 Å². The molecule has 0 aliphatic carbocycles. The van der Waals surface area contributed by atoms with Crippen molar-refractivity contribution in [2.75, 3.05) is 6.54 Å². The predicted octanol–water partition coefficient (Wildman–Crippen LogP) is 1.29. The molecule has 0 aliphatic heterocycles. The topological polar surface area (TPSA) is 89.4 Å². The van der Waals surface area contributed by atoms with Gasteiger partial charge in [-0.15, -0.1) is 0 Å². The Morgan fingerprint density at radius 2 is 2.27 bits per heavy atom. The van der Waals surface area contributed by atoms with E-state index < -0.39 is 11.0 Å². The number of aliphatic hydroxyl groups excluding tert-OH is 1. The lowest BCUT2D eigenvalue weighted by Crippen LogP contribution is -2.09. The van der Waals surface area contributed by atoms with Gasteiger partial charge in [-0.3, -0.25) is 10.1 Å². The molecular weight excluding hydrogens is 196 g/mol. The highest BCUT2D eigenvalue weighted by molar-refractivity contribution is 5.48. The van der Waals surface area contributed by atoms with Gasteiger partial charge in [0.1, 0.15) is 0 Å². The van der Waals surface area contributed by atoms with Gasteiger partial charge in [-0.2, -0.15) is 0 Å². The standard InChI is InChI=1S/C10H14N2O3/c1-7-3-2-4-8(9(13)5-6-11)10(7)12(14)15/h2-4,9,13H,5-6,11H2,1H3/t9-/m1/s1. The number of para-hydroxylation sites is 1. The molecule has 1 atom stereocenters. The molecule has 0 radical (unpaired) electrons. The van der Waals surface area contributed by atoms with Crippen LogP contribution in [0.2, 0.25) is 0 Å². The van der Waals surface area contributed by atoms with E-state index in [0.717, 1.165) is 0 Å². The van der Waals surface area contributed by atoms with Crippen molar-refractivity contribution in [2.24, 2.45) is 5.73 Å². The first-order valence-corrected chi connectivity index (χ1v) is 4.70. The van der Waals surface area contributed by atoms with Gasteiger partial charge in [0.25, 0.3) is 5.69 Å². The molecule has 0 heterocycles. The minimum absolute atomic E-state index is 0.0153. The molecular formula is C10H14N2O3. The van der Waals surface area contributed by atoms with Crippen LogP contribution in [0.4, 0.5) is 5.69 Å². The fourth-order valence-electron chi connectivity index (χ4n) is 1.51. The van der Waals surface area contributed by atoms with E-state index in [1.54, 1.807) is 25.1 Å². The highest BCUT2D eigenvalue weighted by Gasteiger charge is 2.21.